The van der Waals surface area contributed by atoms with E-state index < -0.39 is 5.82 Å². The van der Waals surface area contributed by atoms with Crippen LogP contribution in [0.15, 0.2) is 36.4 Å². The third-order valence-electron chi connectivity index (χ3n) is 7.46. The molecule has 3 aliphatic heterocycles. The normalized spacial score (nSPS) is 22.6. The summed E-state index contributed by atoms with van der Waals surface area (Å²) in [4.78, 5) is 16.1. The van der Waals surface area contributed by atoms with Crippen molar-refractivity contribution in [2.24, 2.45) is 0 Å². The predicted molar refractivity (Wildman–Crippen MR) is 130 cm³/mol. The number of aromatic nitrogens is 3. The molecule has 8 nitrogen and oxygen atoms in total. The quantitative estimate of drug-likeness (QED) is 0.483. The summed E-state index contributed by atoms with van der Waals surface area (Å²) in [7, 11) is 3.11. The smallest absolute Gasteiger partial charge is 0.318 e. The Bertz CT molecular complexity index is 1500. The molecule has 2 aromatic heterocycles. The first kappa shape index (κ1) is 20.6. The zero-order valence-electron chi connectivity index (χ0n) is 19.4. The monoisotopic (exact) mass is 473 g/mol. The number of methoxy groups -OCH3 is 2. The molecule has 0 amide bonds. The van der Waals surface area contributed by atoms with E-state index in [2.05, 4.69) is 20.2 Å². The Morgan fingerprint density at radius 2 is 2.00 bits per heavy atom. The lowest BCUT2D eigenvalue weighted by Crippen LogP contribution is -2.60. The van der Waals surface area contributed by atoms with Crippen LogP contribution in [0.2, 0.25) is 0 Å². The van der Waals surface area contributed by atoms with Crippen molar-refractivity contribution in [3.63, 3.8) is 0 Å². The van der Waals surface area contributed by atoms with Crippen LogP contribution in [0.1, 0.15) is 12.8 Å². The van der Waals surface area contributed by atoms with E-state index in [-0.39, 0.29) is 29.3 Å². The number of hydrogen-bond donors (Lipinski definition) is 1. The van der Waals surface area contributed by atoms with Crippen LogP contribution < -0.4 is 24.4 Å². The number of fused-ring (bicyclic) bond motifs is 6. The number of benzene rings is 2. The first-order valence-electron chi connectivity index (χ1n) is 11.8. The molecule has 0 saturated carbocycles. The van der Waals surface area contributed by atoms with E-state index in [9.17, 15) is 0 Å². The van der Waals surface area contributed by atoms with Gasteiger partial charge in [-0.1, -0.05) is 24.3 Å². The maximum Gasteiger partial charge on any atom is 0.318 e. The van der Waals surface area contributed by atoms with Crippen LogP contribution in [0, 0.1) is 5.82 Å². The molecule has 2 fully saturated rings. The molecule has 2 saturated heterocycles. The minimum Gasteiger partial charge on any atom is -0.497 e. The number of anilines is 1. The fraction of sp³-hybridized carbons (Fsp3) is 0.346. The first-order valence-corrected chi connectivity index (χ1v) is 11.8. The Hall–Kier alpha value is -3.72. The van der Waals surface area contributed by atoms with Gasteiger partial charge in [0.1, 0.15) is 34.8 Å². The summed E-state index contributed by atoms with van der Waals surface area (Å²) < 4.78 is 33.4. The average Bonchev–Trinajstić information content (AvgIpc) is 3.21. The van der Waals surface area contributed by atoms with E-state index in [4.69, 9.17) is 19.2 Å². The van der Waals surface area contributed by atoms with Crippen molar-refractivity contribution in [2.45, 2.75) is 31.0 Å². The SMILES string of the molecule is COc1ccc2cccc(-c3nc4c5c(nc(OC)nc5c3F)N3CC5CCC(N5)C3CO4)c2c1. The van der Waals surface area contributed by atoms with Gasteiger partial charge in [0.25, 0.3) is 0 Å². The van der Waals surface area contributed by atoms with Crippen LogP contribution in [0.4, 0.5) is 10.2 Å². The maximum atomic E-state index is 16.3. The van der Waals surface area contributed by atoms with Gasteiger partial charge < -0.3 is 24.4 Å². The number of halogens is 1. The molecule has 7 rings (SSSR count). The van der Waals surface area contributed by atoms with Gasteiger partial charge in [-0.25, -0.2) is 9.37 Å². The van der Waals surface area contributed by atoms with E-state index in [0.29, 0.717) is 41.0 Å². The largest absolute Gasteiger partial charge is 0.497 e. The summed E-state index contributed by atoms with van der Waals surface area (Å²) in [6, 6.07) is 12.3. The number of piperazine rings is 1. The highest BCUT2D eigenvalue weighted by Crippen LogP contribution is 2.43. The summed E-state index contributed by atoms with van der Waals surface area (Å²) in [5, 5.41) is 5.96. The van der Waals surface area contributed by atoms with Crippen molar-refractivity contribution in [1.82, 2.24) is 20.3 Å². The number of hydrogen-bond acceptors (Lipinski definition) is 8. The van der Waals surface area contributed by atoms with Crippen molar-refractivity contribution in [3.8, 4) is 28.9 Å². The van der Waals surface area contributed by atoms with Gasteiger partial charge in [0.15, 0.2) is 5.82 Å². The number of rotatable bonds is 3. The summed E-state index contributed by atoms with van der Waals surface area (Å²) >= 11 is 0. The second-order valence-corrected chi connectivity index (χ2v) is 9.31. The molecule has 9 heteroatoms. The fourth-order valence-corrected chi connectivity index (χ4v) is 5.77. The number of ether oxygens (including phenoxy) is 3. The maximum absolute atomic E-state index is 16.3. The second-order valence-electron chi connectivity index (χ2n) is 9.31. The van der Waals surface area contributed by atoms with Gasteiger partial charge in [-0.2, -0.15) is 9.97 Å². The summed E-state index contributed by atoms with van der Waals surface area (Å²) in [6.07, 6.45) is 2.17. The Labute approximate surface area is 201 Å². The summed E-state index contributed by atoms with van der Waals surface area (Å²) in [6.45, 7) is 1.20. The van der Waals surface area contributed by atoms with E-state index in [1.54, 1.807) is 7.11 Å². The Morgan fingerprint density at radius 1 is 1.09 bits per heavy atom. The molecule has 0 spiro atoms. The van der Waals surface area contributed by atoms with Crippen LogP contribution in [0.25, 0.3) is 32.9 Å². The minimum absolute atomic E-state index is 0.0686. The van der Waals surface area contributed by atoms with Crippen LogP contribution in [-0.4, -0.2) is 60.4 Å². The molecule has 5 heterocycles. The van der Waals surface area contributed by atoms with Crippen LogP contribution in [0.5, 0.6) is 17.6 Å². The molecule has 3 atom stereocenters. The number of pyridine rings is 1. The molecular formula is C26H24FN5O3. The molecule has 0 radical (unpaired) electrons. The second kappa shape index (κ2) is 7.64. The minimum atomic E-state index is -0.527. The van der Waals surface area contributed by atoms with Crippen molar-refractivity contribution in [1.29, 1.82) is 0 Å². The zero-order chi connectivity index (χ0) is 23.7. The standard InChI is InChI=1S/C26H24FN5O3/c1-33-15-8-6-13-4-3-5-16(17(13)10-15)22-21(27)23-20-24(31-26(30-23)34-2)32-11-14-7-9-18(28-14)19(32)12-35-25(20)29-22/h3-6,8,10,14,18-19,28H,7,9,11-12H2,1-2H3. The molecule has 2 aromatic carbocycles. The van der Waals surface area contributed by atoms with Crippen LogP contribution in [-0.2, 0) is 0 Å². The third-order valence-corrected chi connectivity index (χ3v) is 7.46. The fourth-order valence-electron chi connectivity index (χ4n) is 5.77. The molecular weight excluding hydrogens is 449 g/mol. The highest BCUT2D eigenvalue weighted by molar-refractivity contribution is 6.01. The highest BCUT2D eigenvalue weighted by atomic mass is 19.1. The molecule has 4 aromatic rings. The lowest BCUT2D eigenvalue weighted by Gasteiger charge is -2.40. The molecule has 0 aliphatic carbocycles. The Morgan fingerprint density at radius 3 is 2.86 bits per heavy atom. The van der Waals surface area contributed by atoms with Crippen molar-refractivity contribution >= 4 is 27.5 Å². The predicted octanol–water partition coefficient (Wildman–Crippen LogP) is 3.70. The van der Waals surface area contributed by atoms with Crippen molar-refractivity contribution < 1.29 is 18.6 Å². The molecule has 178 valence electrons. The molecule has 1 N–H and O–H groups in total. The zero-order valence-corrected chi connectivity index (χ0v) is 19.4. The molecule has 2 bridgehead atoms. The van der Waals surface area contributed by atoms with Gasteiger partial charge in [-0.05, 0) is 35.7 Å². The lowest BCUT2D eigenvalue weighted by molar-refractivity contribution is 0.238. The Balaban J connectivity index is 1.50. The van der Waals surface area contributed by atoms with Gasteiger partial charge in [-0.15, -0.1) is 0 Å². The average molecular weight is 474 g/mol. The van der Waals surface area contributed by atoms with Crippen LogP contribution >= 0.6 is 0 Å². The highest BCUT2D eigenvalue weighted by Gasteiger charge is 2.44. The lowest BCUT2D eigenvalue weighted by atomic mass is 10.0. The number of nitrogens with one attached hydrogen (secondary N) is 1. The van der Waals surface area contributed by atoms with Crippen LogP contribution in [0.3, 0.4) is 0 Å². The van der Waals surface area contributed by atoms with Gasteiger partial charge in [-0.3, -0.25) is 0 Å². The topological polar surface area (TPSA) is 81.6 Å². The van der Waals surface area contributed by atoms with E-state index in [1.165, 1.54) is 7.11 Å². The molecule has 35 heavy (non-hydrogen) atoms. The van der Waals surface area contributed by atoms with Gasteiger partial charge in [0, 0.05) is 24.2 Å². The van der Waals surface area contributed by atoms with E-state index >= 15 is 4.39 Å². The molecule has 3 aliphatic rings. The number of nitrogens with zero attached hydrogens (tertiary/aromatic N) is 4. The third kappa shape index (κ3) is 3.04. The van der Waals surface area contributed by atoms with Gasteiger partial charge >= 0.3 is 6.01 Å². The van der Waals surface area contributed by atoms with Gasteiger partial charge in [0.05, 0.1) is 20.3 Å². The molecule has 3 unspecified atom stereocenters. The van der Waals surface area contributed by atoms with E-state index in [1.807, 2.05) is 36.4 Å². The summed E-state index contributed by atoms with van der Waals surface area (Å²) in [5.41, 5.74) is 0.971. The Kier molecular flexibility index (Phi) is 4.51. The first-order chi connectivity index (χ1) is 17.1. The van der Waals surface area contributed by atoms with E-state index in [0.717, 1.165) is 30.2 Å². The summed E-state index contributed by atoms with van der Waals surface area (Å²) in [5.74, 6) is 1.13. The van der Waals surface area contributed by atoms with Crippen molar-refractivity contribution in [3.05, 3.63) is 42.2 Å². The van der Waals surface area contributed by atoms with Crippen molar-refractivity contribution in [2.75, 3.05) is 32.3 Å². The van der Waals surface area contributed by atoms with Gasteiger partial charge in [0.2, 0.25) is 5.88 Å².